The summed E-state index contributed by atoms with van der Waals surface area (Å²) < 4.78 is 5.27. The molecule has 3 heteroatoms. The van der Waals surface area contributed by atoms with E-state index in [2.05, 4.69) is 4.98 Å². The summed E-state index contributed by atoms with van der Waals surface area (Å²) in [6, 6.07) is 3.84. The summed E-state index contributed by atoms with van der Waals surface area (Å²) >= 11 is 0. The molecule has 0 N–H and O–H groups in total. The van der Waals surface area contributed by atoms with Crippen LogP contribution in [0.15, 0.2) is 24.5 Å². The highest BCUT2D eigenvalue weighted by Gasteiger charge is 2.26. The quantitative estimate of drug-likeness (QED) is 0.782. The summed E-state index contributed by atoms with van der Waals surface area (Å²) in [5.74, 6) is 0.498. The van der Waals surface area contributed by atoms with Gasteiger partial charge >= 0.3 is 0 Å². The highest BCUT2D eigenvalue weighted by atomic mass is 16.5. The third kappa shape index (κ3) is 2.47. The van der Waals surface area contributed by atoms with E-state index in [-0.39, 0.29) is 11.8 Å². The lowest BCUT2D eigenvalue weighted by Crippen LogP contribution is -2.26. The maximum Gasteiger partial charge on any atom is 0.143 e. The Morgan fingerprint density at radius 1 is 1.38 bits per heavy atom. The van der Waals surface area contributed by atoms with Gasteiger partial charge in [0.1, 0.15) is 5.78 Å². The molecule has 3 nitrogen and oxygen atoms in total. The van der Waals surface area contributed by atoms with Crippen LogP contribution < -0.4 is 0 Å². The van der Waals surface area contributed by atoms with Crippen LogP contribution in [0.3, 0.4) is 0 Å². The van der Waals surface area contributed by atoms with Crippen LogP contribution in [0.25, 0.3) is 0 Å². The van der Waals surface area contributed by atoms with Crippen molar-refractivity contribution in [1.29, 1.82) is 0 Å². The van der Waals surface area contributed by atoms with Crippen LogP contribution in [-0.4, -0.2) is 24.0 Å². The minimum atomic E-state index is -0.0221. The van der Waals surface area contributed by atoms with Crippen LogP contribution in [0.4, 0.5) is 0 Å². The molecule has 0 bridgehead atoms. The van der Waals surface area contributed by atoms with E-state index in [0.717, 1.165) is 31.6 Å². The lowest BCUT2D eigenvalue weighted by Gasteiger charge is -2.23. The standard InChI is InChI=1S/C13H17NO2/c1-10(11-2-6-14-7-3-11)13(15)12-4-8-16-9-5-12/h2-3,6-7,10,12H,4-5,8-9H2,1H3. The Morgan fingerprint density at radius 2 is 2.00 bits per heavy atom. The monoisotopic (exact) mass is 219 g/mol. The molecule has 1 fully saturated rings. The van der Waals surface area contributed by atoms with Crippen molar-refractivity contribution in [2.75, 3.05) is 13.2 Å². The average Bonchev–Trinajstić information content (AvgIpc) is 2.39. The van der Waals surface area contributed by atoms with Crippen molar-refractivity contribution in [3.63, 3.8) is 0 Å². The van der Waals surface area contributed by atoms with Crippen molar-refractivity contribution in [2.45, 2.75) is 25.7 Å². The van der Waals surface area contributed by atoms with Gasteiger partial charge in [-0.05, 0) is 30.5 Å². The zero-order valence-corrected chi connectivity index (χ0v) is 9.56. The van der Waals surface area contributed by atoms with E-state index in [1.807, 2.05) is 19.1 Å². The molecule has 1 unspecified atom stereocenters. The van der Waals surface area contributed by atoms with Crippen molar-refractivity contribution in [1.82, 2.24) is 4.98 Å². The molecule has 1 aromatic heterocycles. The van der Waals surface area contributed by atoms with E-state index in [0.29, 0.717) is 5.78 Å². The van der Waals surface area contributed by atoms with Gasteiger partial charge in [-0.2, -0.15) is 0 Å². The van der Waals surface area contributed by atoms with Crippen LogP contribution in [-0.2, 0) is 9.53 Å². The van der Waals surface area contributed by atoms with Gasteiger partial charge in [0.05, 0.1) is 0 Å². The summed E-state index contributed by atoms with van der Waals surface area (Å²) in [5.41, 5.74) is 1.06. The molecule has 0 amide bonds. The maximum atomic E-state index is 12.2. The summed E-state index contributed by atoms with van der Waals surface area (Å²) in [4.78, 5) is 16.2. The molecule has 16 heavy (non-hydrogen) atoms. The number of ketones is 1. The van der Waals surface area contributed by atoms with Crippen molar-refractivity contribution in [2.24, 2.45) is 5.92 Å². The van der Waals surface area contributed by atoms with E-state index >= 15 is 0 Å². The van der Waals surface area contributed by atoms with Crippen LogP contribution in [0.1, 0.15) is 31.2 Å². The Balaban J connectivity index is 2.04. The number of ether oxygens (including phenoxy) is 1. The highest BCUT2D eigenvalue weighted by Crippen LogP contribution is 2.25. The van der Waals surface area contributed by atoms with E-state index in [1.165, 1.54) is 0 Å². The predicted molar refractivity (Wildman–Crippen MR) is 61.2 cm³/mol. The van der Waals surface area contributed by atoms with Gasteiger partial charge in [0, 0.05) is 37.4 Å². The molecule has 2 rings (SSSR count). The van der Waals surface area contributed by atoms with Gasteiger partial charge in [-0.3, -0.25) is 9.78 Å². The second-order valence-corrected chi connectivity index (χ2v) is 4.29. The second-order valence-electron chi connectivity index (χ2n) is 4.29. The summed E-state index contributed by atoms with van der Waals surface area (Å²) in [5, 5.41) is 0. The van der Waals surface area contributed by atoms with E-state index in [9.17, 15) is 4.79 Å². The number of pyridine rings is 1. The van der Waals surface area contributed by atoms with Gasteiger partial charge < -0.3 is 4.74 Å². The van der Waals surface area contributed by atoms with Crippen molar-refractivity contribution >= 4 is 5.78 Å². The van der Waals surface area contributed by atoms with Crippen molar-refractivity contribution < 1.29 is 9.53 Å². The molecule has 0 aromatic carbocycles. The van der Waals surface area contributed by atoms with Crippen LogP contribution in [0.5, 0.6) is 0 Å². The maximum absolute atomic E-state index is 12.2. The minimum Gasteiger partial charge on any atom is -0.381 e. The van der Waals surface area contributed by atoms with Gasteiger partial charge in [0.15, 0.2) is 0 Å². The Bertz CT molecular complexity index is 344. The van der Waals surface area contributed by atoms with E-state index in [4.69, 9.17) is 4.74 Å². The number of carbonyl (C=O) groups is 1. The minimum absolute atomic E-state index is 0.0221. The normalized spacial score (nSPS) is 19.3. The molecule has 0 spiro atoms. The highest BCUT2D eigenvalue weighted by molar-refractivity contribution is 5.87. The number of carbonyl (C=O) groups excluding carboxylic acids is 1. The number of aromatic nitrogens is 1. The Hall–Kier alpha value is -1.22. The summed E-state index contributed by atoms with van der Waals surface area (Å²) in [6.07, 6.45) is 5.22. The number of nitrogens with zero attached hydrogens (tertiary/aromatic N) is 1. The number of rotatable bonds is 3. The predicted octanol–water partition coefficient (Wildman–Crippen LogP) is 2.18. The average molecular weight is 219 g/mol. The molecule has 0 aliphatic carbocycles. The zero-order valence-electron chi connectivity index (χ0n) is 9.56. The molecule has 86 valence electrons. The van der Waals surface area contributed by atoms with Crippen molar-refractivity contribution in [3.8, 4) is 0 Å². The first-order valence-corrected chi connectivity index (χ1v) is 5.80. The smallest absolute Gasteiger partial charge is 0.143 e. The molecule has 1 saturated heterocycles. The topological polar surface area (TPSA) is 39.2 Å². The molecule has 1 atom stereocenters. The SMILES string of the molecule is CC(C(=O)C1CCOCC1)c1ccncc1. The molecular weight excluding hydrogens is 202 g/mol. The van der Waals surface area contributed by atoms with Crippen LogP contribution in [0.2, 0.25) is 0 Å². The first-order chi connectivity index (χ1) is 7.79. The number of Topliss-reactive ketones (excluding diaryl/α,β-unsaturated/α-hetero) is 1. The third-order valence-corrected chi connectivity index (χ3v) is 3.26. The van der Waals surface area contributed by atoms with Gasteiger partial charge in [-0.1, -0.05) is 6.92 Å². The molecule has 1 aliphatic heterocycles. The molecular formula is C13H17NO2. The number of hydrogen-bond acceptors (Lipinski definition) is 3. The zero-order chi connectivity index (χ0) is 11.4. The van der Waals surface area contributed by atoms with E-state index in [1.54, 1.807) is 12.4 Å². The Kier molecular flexibility index (Phi) is 3.67. The molecule has 1 aromatic rings. The fraction of sp³-hybridized carbons (Fsp3) is 0.538. The molecule has 0 radical (unpaired) electrons. The van der Waals surface area contributed by atoms with Crippen LogP contribution >= 0.6 is 0 Å². The molecule has 0 saturated carbocycles. The summed E-state index contributed by atoms with van der Waals surface area (Å²) in [6.45, 7) is 3.42. The molecule has 1 aliphatic rings. The Morgan fingerprint density at radius 3 is 2.62 bits per heavy atom. The lowest BCUT2D eigenvalue weighted by atomic mass is 9.85. The fourth-order valence-electron chi connectivity index (χ4n) is 2.15. The fourth-order valence-corrected chi connectivity index (χ4v) is 2.15. The van der Waals surface area contributed by atoms with Gasteiger partial charge in [-0.15, -0.1) is 0 Å². The lowest BCUT2D eigenvalue weighted by molar-refractivity contribution is -0.126. The molecule has 2 heterocycles. The van der Waals surface area contributed by atoms with Crippen molar-refractivity contribution in [3.05, 3.63) is 30.1 Å². The van der Waals surface area contributed by atoms with Gasteiger partial charge in [0.2, 0.25) is 0 Å². The third-order valence-electron chi connectivity index (χ3n) is 3.26. The number of hydrogen-bond donors (Lipinski definition) is 0. The van der Waals surface area contributed by atoms with Gasteiger partial charge in [0.25, 0.3) is 0 Å². The first-order valence-electron chi connectivity index (χ1n) is 5.80. The first kappa shape index (κ1) is 11.3. The van der Waals surface area contributed by atoms with E-state index < -0.39 is 0 Å². The van der Waals surface area contributed by atoms with Gasteiger partial charge in [-0.25, -0.2) is 0 Å². The largest absolute Gasteiger partial charge is 0.381 e. The Labute approximate surface area is 95.8 Å². The second kappa shape index (κ2) is 5.21. The van der Waals surface area contributed by atoms with Crippen LogP contribution in [0, 0.1) is 5.92 Å². The summed E-state index contributed by atoms with van der Waals surface area (Å²) in [7, 11) is 0.